The number of hydrogen-bond acceptors (Lipinski definition) is 2. The Morgan fingerprint density at radius 3 is 2.33 bits per heavy atom. The molecular formula is C8H19N3O. The molecule has 12 heavy (non-hydrogen) atoms. The van der Waals surface area contributed by atoms with Crippen LogP contribution in [0.1, 0.15) is 27.7 Å². The molecule has 0 bridgehead atoms. The number of hydrogen-bond donors (Lipinski definition) is 3. The molecule has 0 saturated carbocycles. The maximum atomic E-state index is 11.2. The Balaban J connectivity index is 3.84. The van der Waals surface area contributed by atoms with Gasteiger partial charge in [0.2, 0.25) is 0 Å². The monoisotopic (exact) mass is 173 g/mol. The zero-order valence-corrected chi connectivity index (χ0v) is 8.27. The summed E-state index contributed by atoms with van der Waals surface area (Å²) in [6.45, 7) is 8.02. The lowest BCUT2D eigenvalue weighted by Crippen LogP contribution is -2.53. The van der Waals surface area contributed by atoms with Crippen molar-refractivity contribution in [3.05, 3.63) is 0 Å². The molecule has 0 radical (unpaired) electrons. The summed E-state index contributed by atoms with van der Waals surface area (Å²) >= 11 is 0. The number of amides is 2. The van der Waals surface area contributed by atoms with Gasteiger partial charge in [0.25, 0.3) is 0 Å². The van der Waals surface area contributed by atoms with Crippen molar-refractivity contribution < 1.29 is 4.79 Å². The van der Waals surface area contributed by atoms with Gasteiger partial charge in [-0.15, -0.1) is 0 Å². The zero-order valence-electron chi connectivity index (χ0n) is 8.27. The van der Waals surface area contributed by atoms with Crippen LogP contribution in [0.15, 0.2) is 0 Å². The van der Waals surface area contributed by atoms with Crippen LogP contribution in [-0.2, 0) is 0 Å². The van der Waals surface area contributed by atoms with Crippen LogP contribution in [0.25, 0.3) is 0 Å². The summed E-state index contributed by atoms with van der Waals surface area (Å²) in [4.78, 5) is 11.2. The van der Waals surface area contributed by atoms with E-state index in [9.17, 15) is 4.79 Å². The fourth-order valence-corrected chi connectivity index (χ4v) is 0.657. The Labute approximate surface area is 73.9 Å². The molecule has 0 spiro atoms. The summed E-state index contributed by atoms with van der Waals surface area (Å²) in [7, 11) is 0. The van der Waals surface area contributed by atoms with E-state index >= 15 is 0 Å². The van der Waals surface area contributed by atoms with Gasteiger partial charge < -0.3 is 16.4 Å². The molecule has 2 amide bonds. The zero-order chi connectivity index (χ0) is 9.78. The predicted molar refractivity (Wildman–Crippen MR) is 49.9 cm³/mol. The van der Waals surface area contributed by atoms with Gasteiger partial charge in [-0.25, -0.2) is 4.79 Å². The lowest BCUT2D eigenvalue weighted by Gasteiger charge is -2.24. The summed E-state index contributed by atoms with van der Waals surface area (Å²) in [5, 5.41) is 5.49. The molecule has 4 nitrogen and oxygen atoms in total. The van der Waals surface area contributed by atoms with Gasteiger partial charge in [-0.05, 0) is 27.7 Å². The van der Waals surface area contributed by atoms with Crippen LogP contribution in [0.5, 0.6) is 0 Å². The van der Waals surface area contributed by atoms with Gasteiger partial charge in [-0.3, -0.25) is 0 Å². The van der Waals surface area contributed by atoms with E-state index < -0.39 is 0 Å². The SMILES string of the molecule is CC(C)NC(=O)NC(C)(C)CN. The number of nitrogens with one attached hydrogen (secondary N) is 2. The minimum atomic E-state index is -0.334. The van der Waals surface area contributed by atoms with Crippen molar-refractivity contribution in [1.29, 1.82) is 0 Å². The van der Waals surface area contributed by atoms with Gasteiger partial charge >= 0.3 is 6.03 Å². The van der Waals surface area contributed by atoms with Gasteiger partial charge in [0.05, 0.1) is 0 Å². The molecule has 72 valence electrons. The standard InChI is InChI=1S/C8H19N3O/c1-6(2)10-7(12)11-8(3,4)5-9/h6H,5,9H2,1-4H3,(H2,10,11,12). The molecule has 0 heterocycles. The molecule has 0 aromatic carbocycles. The highest BCUT2D eigenvalue weighted by molar-refractivity contribution is 5.74. The third-order valence-corrected chi connectivity index (χ3v) is 1.38. The third kappa shape index (κ3) is 4.96. The largest absolute Gasteiger partial charge is 0.336 e. The number of urea groups is 1. The van der Waals surface area contributed by atoms with Crippen LogP contribution in [0.4, 0.5) is 4.79 Å². The first-order chi connectivity index (χ1) is 5.37. The molecular weight excluding hydrogens is 154 g/mol. The Morgan fingerprint density at radius 1 is 1.50 bits per heavy atom. The van der Waals surface area contributed by atoms with Gasteiger partial charge in [0.15, 0.2) is 0 Å². The van der Waals surface area contributed by atoms with Gasteiger partial charge in [0, 0.05) is 18.1 Å². The molecule has 4 heteroatoms. The molecule has 0 atom stereocenters. The molecule has 0 aliphatic carbocycles. The molecule has 0 aromatic rings. The first-order valence-electron chi connectivity index (χ1n) is 4.16. The average Bonchev–Trinajstić information content (AvgIpc) is 1.84. The van der Waals surface area contributed by atoms with Crippen LogP contribution in [0, 0.1) is 0 Å². The molecule has 0 rings (SSSR count). The smallest absolute Gasteiger partial charge is 0.315 e. The summed E-state index contributed by atoms with van der Waals surface area (Å²) in [5.41, 5.74) is 5.11. The van der Waals surface area contributed by atoms with E-state index in [1.807, 2.05) is 27.7 Å². The highest BCUT2D eigenvalue weighted by Crippen LogP contribution is 1.97. The second kappa shape index (κ2) is 4.30. The highest BCUT2D eigenvalue weighted by Gasteiger charge is 2.17. The Kier molecular flexibility index (Phi) is 4.03. The second-order valence-corrected chi connectivity index (χ2v) is 3.84. The van der Waals surface area contributed by atoms with Crippen molar-refractivity contribution in [2.45, 2.75) is 39.3 Å². The van der Waals surface area contributed by atoms with E-state index in [0.717, 1.165) is 0 Å². The van der Waals surface area contributed by atoms with Crippen molar-refractivity contribution in [3.63, 3.8) is 0 Å². The van der Waals surface area contributed by atoms with E-state index in [4.69, 9.17) is 5.73 Å². The third-order valence-electron chi connectivity index (χ3n) is 1.38. The summed E-state index contributed by atoms with van der Waals surface area (Å²) < 4.78 is 0. The number of nitrogens with two attached hydrogens (primary N) is 1. The van der Waals surface area contributed by atoms with Gasteiger partial charge in [-0.2, -0.15) is 0 Å². The Hall–Kier alpha value is -0.770. The van der Waals surface area contributed by atoms with Crippen LogP contribution in [0.3, 0.4) is 0 Å². The van der Waals surface area contributed by atoms with Crippen LogP contribution in [-0.4, -0.2) is 24.2 Å². The first kappa shape index (κ1) is 11.2. The van der Waals surface area contributed by atoms with Crippen molar-refractivity contribution in [3.8, 4) is 0 Å². The molecule has 0 fully saturated rings. The van der Waals surface area contributed by atoms with Crippen molar-refractivity contribution in [2.24, 2.45) is 5.73 Å². The fourth-order valence-electron chi connectivity index (χ4n) is 0.657. The molecule has 0 saturated heterocycles. The predicted octanol–water partition coefficient (Wildman–Crippen LogP) is 0.431. The lowest BCUT2D eigenvalue weighted by atomic mass is 10.1. The maximum Gasteiger partial charge on any atom is 0.315 e. The quantitative estimate of drug-likeness (QED) is 0.579. The normalized spacial score (nSPS) is 11.5. The fraction of sp³-hybridized carbons (Fsp3) is 0.875. The minimum Gasteiger partial charge on any atom is -0.336 e. The second-order valence-electron chi connectivity index (χ2n) is 3.84. The van der Waals surface area contributed by atoms with E-state index in [0.29, 0.717) is 6.54 Å². The highest BCUT2D eigenvalue weighted by atomic mass is 16.2. The van der Waals surface area contributed by atoms with Crippen LogP contribution < -0.4 is 16.4 Å². The van der Waals surface area contributed by atoms with E-state index in [1.165, 1.54) is 0 Å². The molecule has 0 aliphatic heterocycles. The summed E-state index contributed by atoms with van der Waals surface area (Å²) in [5.74, 6) is 0. The van der Waals surface area contributed by atoms with Crippen LogP contribution in [0.2, 0.25) is 0 Å². The Bertz CT molecular complexity index is 154. The number of carbonyl (C=O) groups excluding carboxylic acids is 1. The first-order valence-corrected chi connectivity index (χ1v) is 4.16. The van der Waals surface area contributed by atoms with Crippen molar-refractivity contribution in [2.75, 3.05) is 6.54 Å². The lowest BCUT2D eigenvalue weighted by molar-refractivity contribution is 0.228. The summed E-state index contributed by atoms with van der Waals surface area (Å²) in [6.07, 6.45) is 0. The van der Waals surface area contributed by atoms with Gasteiger partial charge in [0.1, 0.15) is 0 Å². The number of rotatable bonds is 3. The number of carbonyl (C=O) groups is 1. The van der Waals surface area contributed by atoms with Crippen molar-refractivity contribution in [1.82, 2.24) is 10.6 Å². The molecule has 0 aliphatic rings. The van der Waals surface area contributed by atoms with E-state index in [1.54, 1.807) is 0 Å². The summed E-state index contributed by atoms with van der Waals surface area (Å²) in [6, 6.07) is -0.0148. The van der Waals surface area contributed by atoms with Gasteiger partial charge in [-0.1, -0.05) is 0 Å². The average molecular weight is 173 g/mol. The van der Waals surface area contributed by atoms with Crippen molar-refractivity contribution >= 4 is 6.03 Å². The van der Waals surface area contributed by atoms with E-state index in [-0.39, 0.29) is 17.6 Å². The minimum absolute atomic E-state index is 0.151. The van der Waals surface area contributed by atoms with E-state index in [2.05, 4.69) is 10.6 Å². The Morgan fingerprint density at radius 2 is 2.00 bits per heavy atom. The topological polar surface area (TPSA) is 67.2 Å². The molecule has 4 N–H and O–H groups in total. The maximum absolute atomic E-state index is 11.2. The molecule has 0 aromatic heterocycles. The molecule has 0 unspecified atom stereocenters. The van der Waals surface area contributed by atoms with Crippen LogP contribution >= 0.6 is 0 Å².